The predicted octanol–water partition coefficient (Wildman–Crippen LogP) is 6.60. The number of unbranched alkanes of at least 4 members (excludes halogenated alkanes) is 2. The summed E-state index contributed by atoms with van der Waals surface area (Å²) in [5.74, 6) is -1.41. The summed E-state index contributed by atoms with van der Waals surface area (Å²) in [4.78, 5) is 39.9. The summed E-state index contributed by atoms with van der Waals surface area (Å²) in [5, 5.41) is 0. The number of esters is 2. The van der Waals surface area contributed by atoms with Crippen LogP contribution in [0.5, 0.6) is 0 Å². The smallest absolute Gasteiger partial charge is 0.333 e. The fourth-order valence-electron chi connectivity index (χ4n) is 4.55. The van der Waals surface area contributed by atoms with E-state index in [9.17, 15) is 14.4 Å². The zero-order valence-electron chi connectivity index (χ0n) is 21.3. The highest BCUT2D eigenvalue weighted by Crippen LogP contribution is 2.50. The van der Waals surface area contributed by atoms with Crippen molar-refractivity contribution in [2.45, 2.75) is 58.3 Å². The highest BCUT2D eigenvalue weighted by atomic mass is 16.5. The number of allylic oxidation sites excluding steroid dienone is 1. The molecule has 1 unspecified atom stereocenters. The standard InChI is InChI=1S/C31H36O5/c1-4-6-18-35-29(33)23(3)20-31(30(34)36-19-7-5-2)21-26(24-14-10-8-11-15-24)27(22-31)28(32)25-16-12-9-13-17-25/h8-17,22,26H,3-7,18-21H2,1-2H3/t26?,31-/m1/s1. The van der Waals surface area contributed by atoms with Crippen LogP contribution in [0.3, 0.4) is 0 Å². The van der Waals surface area contributed by atoms with Crippen molar-refractivity contribution in [3.8, 4) is 0 Å². The Labute approximate surface area is 214 Å². The van der Waals surface area contributed by atoms with Crippen LogP contribution < -0.4 is 0 Å². The van der Waals surface area contributed by atoms with Gasteiger partial charge in [-0.05, 0) is 31.2 Å². The summed E-state index contributed by atoms with van der Waals surface area (Å²) in [6.07, 6.45) is 5.38. The number of carbonyl (C=O) groups is 3. The van der Waals surface area contributed by atoms with Crippen LogP contribution in [0.4, 0.5) is 0 Å². The largest absolute Gasteiger partial charge is 0.465 e. The first-order valence-electron chi connectivity index (χ1n) is 12.8. The molecule has 0 fully saturated rings. The van der Waals surface area contributed by atoms with Gasteiger partial charge in [-0.2, -0.15) is 0 Å². The third-order valence-corrected chi connectivity index (χ3v) is 6.56. The molecule has 0 amide bonds. The van der Waals surface area contributed by atoms with E-state index in [2.05, 4.69) is 6.58 Å². The topological polar surface area (TPSA) is 69.7 Å². The van der Waals surface area contributed by atoms with Crippen molar-refractivity contribution in [1.82, 2.24) is 0 Å². The van der Waals surface area contributed by atoms with Gasteiger partial charge in [-0.1, -0.05) is 100 Å². The molecule has 3 rings (SSSR count). The van der Waals surface area contributed by atoms with Crippen molar-refractivity contribution in [2.75, 3.05) is 13.2 Å². The Bertz CT molecular complexity index is 1090. The molecule has 36 heavy (non-hydrogen) atoms. The van der Waals surface area contributed by atoms with Crippen LogP contribution in [0.15, 0.2) is 84.5 Å². The van der Waals surface area contributed by atoms with E-state index in [-0.39, 0.29) is 30.3 Å². The van der Waals surface area contributed by atoms with Gasteiger partial charge in [0.25, 0.3) is 0 Å². The number of hydrogen-bond acceptors (Lipinski definition) is 5. The van der Waals surface area contributed by atoms with Gasteiger partial charge < -0.3 is 9.47 Å². The highest BCUT2D eigenvalue weighted by molar-refractivity contribution is 6.11. The molecular weight excluding hydrogens is 452 g/mol. The van der Waals surface area contributed by atoms with E-state index in [0.29, 0.717) is 24.2 Å². The molecular formula is C31H36O5. The Morgan fingerprint density at radius 1 is 0.889 bits per heavy atom. The minimum atomic E-state index is -1.19. The lowest BCUT2D eigenvalue weighted by Crippen LogP contribution is -2.32. The molecule has 0 aromatic heterocycles. The second kappa shape index (κ2) is 13.0. The molecule has 2 atom stereocenters. The second-order valence-corrected chi connectivity index (χ2v) is 9.38. The fourth-order valence-corrected chi connectivity index (χ4v) is 4.55. The molecule has 190 valence electrons. The van der Waals surface area contributed by atoms with Gasteiger partial charge in [0.15, 0.2) is 5.78 Å². The van der Waals surface area contributed by atoms with Gasteiger partial charge >= 0.3 is 11.9 Å². The molecule has 0 spiro atoms. The van der Waals surface area contributed by atoms with Gasteiger partial charge in [-0.3, -0.25) is 9.59 Å². The van der Waals surface area contributed by atoms with E-state index >= 15 is 0 Å². The van der Waals surface area contributed by atoms with Crippen molar-refractivity contribution in [1.29, 1.82) is 0 Å². The second-order valence-electron chi connectivity index (χ2n) is 9.38. The summed E-state index contributed by atoms with van der Waals surface area (Å²) in [5.41, 5.74) is 1.04. The van der Waals surface area contributed by atoms with Gasteiger partial charge in [0.1, 0.15) is 0 Å². The van der Waals surface area contributed by atoms with Gasteiger partial charge in [-0.25, -0.2) is 4.79 Å². The van der Waals surface area contributed by atoms with Crippen LogP contribution in [0.25, 0.3) is 0 Å². The first-order valence-corrected chi connectivity index (χ1v) is 12.8. The van der Waals surface area contributed by atoms with Crippen LogP contribution >= 0.6 is 0 Å². The zero-order chi connectivity index (χ0) is 26.0. The van der Waals surface area contributed by atoms with Crippen molar-refractivity contribution in [3.63, 3.8) is 0 Å². The van der Waals surface area contributed by atoms with E-state index in [1.807, 2.05) is 62.4 Å². The number of rotatable bonds is 13. The summed E-state index contributed by atoms with van der Waals surface area (Å²) >= 11 is 0. The molecule has 0 N–H and O–H groups in total. The molecule has 0 saturated heterocycles. The van der Waals surface area contributed by atoms with E-state index in [4.69, 9.17) is 9.47 Å². The summed E-state index contributed by atoms with van der Waals surface area (Å²) in [7, 11) is 0. The maximum Gasteiger partial charge on any atom is 0.333 e. The van der Waals surface area contributed by atoms with Gasteiger partial charge in [0.2, 0.25) is 0 Å². The molecule has 2 aromatic carbocycles. The number of ketones is 1. The average molecular weight is 489 g/mol. The number of carbonyl (C=O) groups excluding carboxylic acids is 3. The average Bonchev–Trinajstić information content (AvgIpc) is 3.30. The Balaban J connectivity index is 2.00. The Morgan fingerprint density at radius 3 is 2.08 bits per heavy atom. The summed E-state index contributed by atoms with van der Waals surface area (Å²) in [6, 6.07) is 18.7. The van der Waals surface area contributed by atoms with E-state index < -0.39 is 17.4 Å². The van der Waals surface area contributed by atoms with E-state index in [1.54, 1.807) is 18.2 Å². The lowest BCUT2D eigenvalue weighted by molar-refractivity contribution is -0.153. The molecule has 5 heteroatoms. The highest BCUT2D eigenvalue weighted by Gasteiger charge is 2.49. The Morgan fingerprint density at radius 2 is 1.47 bits per heavy atom. The quantitative estimate of drug-likeness (QED) is 0.137. The van der Waals surface area contributed by atoms with Crippen molar-refractivity contribution < 1.29 is 23.9 Å². The van der Waals surface area contributed by atoms with Gasteiger partial charge in [-0.15, -0.1) is 0 Å². The van der Waals surface area contributed by atoms with Gasteiger partial charge in [0.05, 0.1) is 18.6 Å². The maximum atomic E-state index is 13.7. The van der Waals surface area contributed by atoms with Crippen molar-refractivity contribution >= 4 is 17.7 Å². The molecule has 0 radical (unpaired) electrons. The number of ether oxygens (including phenoxy) is 2. The maximum absolute atomic E-state index is 13.7. The first-order chi connectivity index (χ1) is 17.4. The van der Waals surface area contributed by atoms with E-state index in [1.165, 1.54) is 0 Å². The van der Waals surface area contributed by atoms with Crippen LogP contribution in [0, 0.1) is 5.41 Å². The molecule has 0 heterocycles. The monoisotopic (exact) mass is 488 g/mol. The fraction of sp³-hybridized carbons (Fsp3) is 0.387. The first kappa shape index (κ1) is 27.1. The van der Waals surface area contributed by atoms with Crippen molar-refractivity contribution in [2.24, 2.45) is 5.41 Å². The van der Waals surface area contributed by atoms with Crippen molar-refractivity contribution in [3.05, 3.63) is 95.6 Å². The van der Waals surface area contributed by atoms with Crippen LogP contribution in [0.2, 0.25) is 0 Å². The SMILES string of the molecule is C=C(C[C@]1(C(=O)OCCCC)C=C(C(=O)c2ccccc2)C(c2ccccc2)C1)C(=O)OCCCC. The molecule has 0 aliphatic heterocycles. The molecule has 1 aliphatic rings. The minimum absolute atomic E-state index is 0.0395. The number of hydrogen-bond donors (Lipinski definition) is 0. The molecule has 0 saturated carbocycles. The Kier molecular flexibility index (Phi) is 9.80. The Hall–Kier alpha value is -3.47. The third-order valence-electron chi connectivity index (χ3n) is 6.56. The predicted molar refractivity (Wildman–Crippen MR) is 141 cm³/mol. The minimum Gasteiger partial charge on any atom is -0.465 e. The summed E-state index contributed by atoms with van der Waals surface area (Å²) < 4.78 is 11.0. The number of benzene rings is 2. The molecule has 1 aliphatic carbocycles. The molecule has 2 aromatic rings. The molecule has 5 nitrogen and oxygen atoms in total. The van der Waals surface area contributed by atoms with Gasteiger partial charge in [0, 0.05) is 22.6 Å². The normalized spacial score (nSPS) is 18.8. The zero-order valence-corrected chi connectivity index (χ0v) is 21.3. The van der Waals surface area contributed by atoms with Crippen LogP contribution in [0.1, 0.15) is 74.2 Å². The lowest BCUT2D eigenvalue weighted by Gasteiger charge is -2.27. The van der Waals surface area contributed by atoms with Crippen LogP contribution in [-0.2, 0) is 19.1 Å². The lowest BCUT2D eigenvalue weighted by atomic mass is 9.78. The van der Waals surface area contributed by atoms with E-state index in [0.717, 1.165) is 31.2 Å². The van der Waals surface area contributed by atoms with Crippen LogP contribution in [-0.4, -0.2) is 30.9 Å². The summed E-state index contributed by atoms with van der Waals surface area (Å²) in [6.45, 7) is 8.59. The number of Topliss-reactive ketones (excluding diaryl/α,β-unsaturated/α-hetero) is 1. The molecule has 0 bridgehead atoms. The third kappa shape index (κ3) is 6.60.